The van der Waals surface area contributed by atoms with Gasteiger partial charge in [0.25, 0.3) is 0 Å². The highest BCUT2D eigenvalue weighted by Gasteiger charge is 2.13. The molecular formula is C32H44N2. The van der Waals surface area contributed by atoms with E-state index >= 15 is 0 Å². The number of rotatable bonds is 12. The van der Waals surface area contributed by atoms with E-state index in [0.29, 0.717) is 11.8 Å². The predicted molar refractivity (Wildman–Crippen MR) is 151 cm³/mol. The van der Waals surface area contributed by atoms with Crippen molar-refractivity contribution in [2.24, 2.45) is 11.8 Å². The van der Waals surface area contributed by atoms with Crippen LogP contribution in [0.1, 0.15) is 90.2 Å². The van der Waals surface area contributed by atoms with Crippen LogP contribution in [0.5, 0.6) is 0 Å². The van der Waals surface area contributed by atoms with E-state index in [2.05, 4.69) is 125 Å². The van der Waals surface area contributed by atoms with Gasteiger partial charge in [-0.2, -0.15) is 0 Å². The molecule has 0 saturated carbocycles. The second kappa shape index (κ2) is 12.6. The quantitative estimate of drug-likeness (QED) is 0.283. The Morgan fingerprint density at radius 3 is 1.18 bits per heavy atom. The molecule has 3 rings (SSSR count). The van der Waals surface area contributed by atoms with Gasteiger partial charge in [-0.1, -0.05) is 90.8 Å². The first kappa shape index (κ1) is 25.9. The highest BCUT2D eigenvalue weighted by Crippen LogP contribution is 2.33. The number of benzene rings is 3. The topological polar surface area (TPSA) is 24.1 Å². The van der Waals surface area contributed by atoms with Gasteiger partial charge in [-0.15, -0.1) is 0 Å². The van der Waals surface area contributed by atoms with Crippen LogP contribution in [0.4, 0.5) is 22.7 Å². The molecule has 0 aliphatic heterocycles. The van der Waals surface area contributed by atoms with Gasteiger partial charge in [0.05, 0.1) is 0 Å². The molecule has 2 nitrogen and oxygen atoms in total. The second-order valence-corrected chi connectivity index (χ2v) is 10.7. The number of anilines is 4. The van der Waals surface area contributed by atoms with Crippen LogP contribution in [-0.2, 0) is 0 Å². The average Bonchev–Trinajstić information content (AvgIpc) is 2.83. The molecule has 0 amide bonds. The maximum atomic E-state index is 3.66. The summed E-state index contributed by atoms with van der Waals surface area (Å²) in [5.74, 6) is 2.57. The minimum atomic E-state index is 0.543. The Kier molecular flexibility index (Phi) is 9.62. The average molecular weight is 457 g/mol. The Balaban J connectivity index is 1.69. The van der Waals surface area contributed by atoms with Crippen LogP contribution in [0.25, 0.3) is 0 Å². The standard InChI is InChI=1S/C32H44N2/c1-23(2)15-17-25(5)29-11-7-9-13-31(29)33-27-19-21-28(22-20-27)34-32-14-10-8-12-30(32)26(6)18-16-24(3)4/h7-14,19-26,33-34H,15-18H2,1-6H3. The molecule has 0 aliphatic carbocycles. The Bertz CT molecular complexity index is 921. The van der Waals surface area contributed by atoms with Crippen molar-refractivity contribution in [3.05, 3.63) is 83.9 Å². The van der Waals surface area contributed by atoms with Gasteiger partial charge in [0.1, 0.15) is 0 Å². The maximum absolute atomic E-state index is 3.66. The Morgan fingerprint density at radius 2 is 0.824 bits per heavy atom. The number of hydrogen-bond acceptors (Lipinski definition) is 2. The molecule has 0 saturated heterocycles. The summed E-state index contributed by atoms with van der Waals surface area (Å²) >= 11 is 0. The Hall–Kier alpha value is -2.74. The zero-order chi connectivity index (χ0) is 24.5. The van der Waals surface area contributed by atoms with Crippen molar-refractivity contribution in [3.8, 4) is 0 Å². The van der Waals surface area contributed by atoms with Crippen molar-refractivity contribution in [1.29, 1.82) is 0 Å². The van der Waals surface area contributed by atoms with Crippen LogP contribution < -0.4 is 10.6 Å². The zero-order valence-electron chi connectivity index (χ0n) is 22.1. The van der Waals surface area contributed by atoms with E-state index in [9.17, 15) is 0 Å². The summed E-state index contributed by atoms with van der Waals surface area (Å²) in [6.07, 6.45) is 4.95. The van der Waals surface area contributed by atoms with Crippen LogP contribution in [0, 0.1) is 11.8 Å². The molecule has 0 spiro atoms. The van der Waals surface area contributed by atoms with Crippen LogP contribution >= 0.6 is 0 Å². The van der Waals surface area contributed by atoms with Gasteiger partial charge < -0.3 is 10.6 Å². The molecule has 2 atom stereocenters. The first-order chi connectivity index (χ1) is 16.3. The van der Waals surface area contributed by atoms with Crippen LogP contribution in [0.2, 0.25) is 0 Å². The lowest BCUT2D eigenvalue weighted by molar-refractivity contribution is 0.517. The summed E-state index contributed by atoms with van der Waals surface area (Å²) in [7, 11) is 0. The third-order valence-corrected chi connectivity index (χ3v) is 6.78. The first-order valence-electron chi connectivity index (χ1n) is 13.2. The van der Waals surface area contributed by atoms with Gasteiger partial charge in [0.15, 0.2) is 0 Å². The largest absolute Gasteiger partial charge is 0.355 e. The Labute approximate surface area is 208 Å². The number of nitrogens with one attached hydrogen (secondary N) is 2. The molecule has 34 heavy (non-hydrogen) atoms. The maximum Gasteiger partial charge on any atom is 0.0419 e. The van der Waals surface area contributed by atoms with Gasteiger partial charge in [0.2, 0.25) is 0 Å². The van der Waals surface area contributed by atoms with Crippen molar-refractivity contribution in [1.82, 2.24) is 0 Å². The summed E-state index contributed by atoms with van der Waals surface area (Å²) in [4.78, 5) is 0. The first-order valence-corrected chi connectivity index (χ1v) is 13.2. The summed E-state index contributed by atoms with van der Waals surface area (Å²) in [5, 5.41) is 7.32. The van der Waals surface area contributed by atoms with E-state index in [-0.39, 0.29) is 0 Å². The zero-order valence-corrected chi connectivity index (χ0v) is 22.1. The number of para-hydroxylation sites is 2. The van der Waals surface area contributed by atoms with E-state index in [1.165, 1.54) is 48.2 Å². The SMILES string of the molecule is CC(C)CCC(C)c1ccccc1Nc1ccc(Nc2ccccc2C(C)CCC(C)C)cc1. The molecule has 2 N–H and O–H groups in total. The van der Waals surface area contributed by atoms with Gasteiger partial charge >= 0.3 is 0 Å². The molecule has 0 fully saturated rings. The summed E-state index contributed by atoms with van der Waals surface area (Å²) in [6.45, 7) is 13.9. The van der Waals surface area contributed by atoms with Gasteiger partial charge in [-0.05, 0) is 84.0 Å². The van der Waals surface area contributed by atoms with Gasteiger partial charge in [-0.3, -0.25) is 0 Å². The highest BCUT2D eigenvalue weighted by molar-refractivity contribution is 5.69. The van der Waals surface area contributed by atoms with E-state index in [4.69, 9.17) is 0 Å². The lowest BCUT2D eigenvalue weighted by atomic mass is 9.91. The monoisotopic (exact) mass is 456 g/mol. The second-order valence-electron chi connectivity index (χ2n) is 10.7. The molecule has 182 valence electrons. The lowest BCUT2D eigenvalue weighted by Crippen LogP contribution is -2.03. The van der Waals surface area contributed by atoms with Crippen LogP contribution in [0.15, 0.2) is 72.8 Å². The van der Waals surface area contributed by atoms with Crippen LogP contribution in [-0.4, -0.2) is 0 Å². The van der Waals surface area contributed by atoms with Crippen molar-refractivity contribution in [3.63, 3.8) is 0 Å². The Morgan fingerprint density at radius 1 is 0.471 bits per heavy atom. The minimum Gasteiger partial charge on any atom is -0.355 e. The minimum absolute atomic E-state index is 0.543. The van der Waals surface area contributed by atoms with Crippen molar-refractivity contribution >= 4 is 22.7 Å². The fourth-order valence-corrected chi connectivity index (χ4v) is 4.51. The van der Waals surface area contributed by atoms with E-state index in [1.807, 2.05) is 0 Å². The van der Waals surface area contributed by atoms with Crippen molar-refractivity contribution in [2.45, 2.75) is 79.1 Å². The number of hydrogen-bond donors (Lipinski definition) is 2. The summed E-state index contributed by atoms with van der Waals surface area (Å²) in [6, 6.07) is 26.1. The molecule has 0 heterocycles. The van der Waals surface area contributed by atoms with Gasteiger partial charge in [-0.25, -0.2) is 0 Å². The summed E-state index contributed by atoms with van der Waals surface area (Å²) < 4.78 is 0. The fraction of sp³-hybridized carbons (Fsp3) is 0.438. The summed E-state index contributed by atoms with van der Waals surface area (Å²) in [5.41, 5.74) is 7.46. The highest BCUT2D eigenvalue weighted by atomic mass is 14.9. The smallest absolute Gasteiger partial charge is 0.0419 e. The van der Waals surface area contributed by atoms with Crippen LogP contribution in [0.3, 0.4) is 0 Å². The van der Waals surface area contributed by atoms with E-state index in [0.717, 1.165) is 23.2 Å². The van der Waals surface area contributed by atoms with E-state index < -0.39 is 0 Å². The molecule has 0 radical (unpaired) electrons. The molecule has 0 aromatic heterocycles. The van der Waals surface area contributed by atoms with Gasteiger partial charge in [0, 0.05) is 22.7 Å². The van der Waals surface area contributed by atoms with Crippen molar-refractivity contribution in [2.75, 3.05) is 10.6 Å². The lowest BCUT2D eigenvalue weighted by Gasteiger charge is -2.20. The molecule has 0 bridgehead atoms. The predicted octanol–water partition coefficient (Wildman–Crippen LogP) is 10.3. The normalized spacial score (nSPS) is 13.2. The van der Waals surface area contributed by atoms with Crippen molar-refractivity contribution < 1.29 is 0 Å². The third-order valence-electron chi connectivity index (χ3n) is 6.78. The molecule has 2 heteroatoms. The molecule has 3 aromatic rings. The van der Waals surface area contributed by atoms with E-state index in [1.54, 1.807) is 0 Å². The molecular weight excluding hydrogens is 412 g/mol. The molecule has 2 unspecified atom stereocenters. The third kappa shape index (κ3) is 7.65. The molecule has 0 aliphatic rings. The fourth-order valence-electron chi connectivity index (χ4n) is 4.51. The molecule has 3 aromatic carbocycles.